The fraction of sp³-hybridized carbons (Fsp3) is 0.667. The van der Waals surface area contributed by atoms with Gasteiger partial charge in [-0.3, -0.25) is 0 Å². The van der Waals surface area contributed by atoms with Gasteiger partial charge in [0.25, 0.3) is 6.43 Å². The van der Waals surface area contributed by atoms with E-state index in [9.17, 15) is 17.2 Å². The van der Waals surface area contributed by atoms with E-state index < -0.39 is 23.0 Å². The Hall–Kier alpha value is -0.570. The summed E-state index contributed by atoms with van der Waals surface area (Å²) in [6, 6.07) is 0.215. The molecule has 1 rings (SSSR count). The van der Waals surface area contributed by atoms with Gasteiger partial charge in [-0.25, -0.2) is 17.2 Å². The Morgan fingerprint density at radius 2 is 2.00 bits per heavy atom. The van der Waals surface area contributed by atoms with E-state index in [-0.39, 0.29) is 10.9 Å². The lowest BCUT2D eigenvalue weighted by molar-refractivity contribution is 0.126. The standard InChI is InChI=1S/C12H20F2N2O2S2/c1-8(2)15-5-10-12(9(3)7-19-10)20(17,18)16(4)6-11(13)14/h7-8,11,15H,5-6H2,1-4H3. The summed E-state index contributed by atoms with van der Waals surface area (Å²) in [6.07, 6.45) is -2.69. The van der Waals surface area contributed by atoms with Crippen LogP contribution in [0.4, 0.5) is 8.78 Å². The molecule has 1 N–H and O–H groups in total. The Kier molecular flexibility index (Phi) is 6.06. The van der Waals surface area contributed by atoms with Gasteiger partial charge < -0.3 is 5.32 Å². The van der Waals surface area contributed by atoms with Gasteiger partial charge in [-0.15, -0.1) is 11.3 Å². The molecule has 0 aliphatic carbocycles. The number of alkyl halides is 2. The monoisotopic (exact) mass is 326 g/mol. The molecule has 0 radical (unpaired) electrons. The van der Waals surface area contributed by atoms with Crippen molar-refractivity contribution in [2.75, 3.05) is 13.6 Å². The van der Waals surface area contributed by atoms with Crippen LogP contribution in [0, 0.1) is 6.92 Å². The van der Waals surface area contributed by atoms with Crippen LogP contribution in [-0.4, -0.2) is 38.8 Å². The first kappa shape index (κ1) is 17.5. The molecule has 8 heteroatoms. The highest BCUT2D eigenvalue weighted by molar-refractivity contribution is 7.89. The first-order valence-electron chi connectivity index (χ1n) is 6.21. The highest BCUT2D eigenvalue weighted by atomic mass is 32.2. The third kappa shape index (κ3) is 4.21. The fourth-order valence-corrected chi connectivity index (χ4v) is 4.55. The van der Waals surface area contributed by atoms with Crippen LogP contribution < -0.4 is 5.32 Å². The lowest BCUT2D eigenvalue weighted by Gasteiger charge is -2.18. The zero-order valence-electron chi connectivity index (χ0n) is 12.0. The van der Waals surface area contributed by atoms with E-state index in [0.29, 0.717) is 21.3 Å². The summed E-state index contributed by atoms with van der Waals surface area (Å²) < 4.78 is 50.3. The smallest absolute Gasteiger partial charge is 0.252 e. The van der Waals surface area contributed by atoms with Crippen LogP contribution in [0.2, 0.25) is 0 Å². The van der Waals surface area contributed by atoms with Crippen LogP contribution in [0.3, 0.4) is 0 Å². The number of nitrogens with zero attached hydrogens (tertiary/aromatic N) is 1. The molecule has 0 spiro atoms. The van der Waals surface area contributed by atoms with Gasteiger partial charge in [0.1, 0.15) is 4.90 Å². The van der Waals surface area contributed by atoms with Crippen molar-refractivity contribution in [2.45, 2.75) is 44.7 Å². The summed E-state index contributed by atoms with van der Waals surface area (Å²) >= 11 is 1.33. The summed E-state index contributed by atoms with van der Waals surface area (Å²) in [5.41, 5.74) is 0.594. The second-order valence-electron chi connectivity index (χ2n) is 4.88. The van der Waals surface area contributed by atoms with Crippen LogP contribution in [0.15, 0.2) is 10.3 Å². The average molecular weight is 326 g/mol. The first-order chi connectivity index (χ1) is 9.16. The molecule has 20 heavy (non-hydrogen) atoms. The van der Waals surface area contributed by atoms with E-state index in [1.165, 1.54) is 18.4 Å². The van der Waals surface area contributed by atoms with Gasteiger partial charge >= 0.3 is 0 Å². The van der Waals surface area contributed by atoms with Crippen LogP contribution in [-0.2, 0) is 16.6 Å². The Balaban J connectivity index is 3.08. The van der Waals surface area contributed by atoms with Gasteiger partial charge in [0.2, 0.25) is 10.0 Å². The summed E-state index contributed by atoms with van der Waals surface area (Å²) in [6.45, 7) is 5.20. The number of aryl methyl sites for hydroxylation is 1. The molecule has 0 unspecified atom stereocenters. The van der Waals surface area contributed by atoms with Crippen molar-refractivity contribution >= 4 is 21.4 Å². The summed E-state index contributed by atoms with van der Waals surface area (Å²) in [4.78, 5) is 0.802. The Bertz CT molecular complexity index is 542. The van der Waals surface area contributed by atoms with Gasteiger partial charge in [0, 0.05) is 24.5 Å². The number of hydrogen-bond donors (Lipinski definition) is 1. The van der Waals surface area contributed by atoms with Gasteiger partial charge in [-0.1, -0.05) is 13.8 Å². The quantitative estimate of drug-likeness (QED) is 0.837. The molecule has 4 nitrogen and oxygen atoms in total. The van der Waals surface area contributed by atoms with Crippen LogP contribution in [0.1, 0.15) is 24.3 Å². The van der Waals surface area contributed by atoms with Crippen LogP contribution in [0.25, 0.3) is 0 Å². The third-order valence-corrected chi connectivity index (χ3v) is 6.01. The predicted molar refractivity (Wildman–Crippen MR) is 76.9 cm³/mol. The molecule has 0 saturated carbocycles. The Morgan fingerprint density at radius 1 is 1.40 bits per heavy atom. The highest BCUT2D eigenvalue weighted by Gasteiger charge is 2.29. The van der Waals surface area contributed by atoms with E-state index in [0.717, 1.165) is 0 Å². The van der Waals surface area contributed by atoms with Crippen molar-refractivity contribution in [3.05, 3.63) is 15.8 Å². The van der Waals surface area contributed by atoms with Crippen molar-refractivity contribution in [3.8, 4) is 0 Å². The molecule has 0 aliphatic rings. The van der Waals surface area contributed by atoms with E-state index >= 15 is 0 Å². The predicted octanol–water partition coefficient (Wildman–Crippen LogP) is 2.44. The van der Waals surface area contributed by atoms with Gasteiger partial charge in [-0.05, 0) is 17.9 Å². The van der Waals surface area contributed by atoms with E-state index in [4.69, 9.17) is 0 Å². The number of rotatable bonds is 7. The number of hydrogen-bond acceptors (Lipinski definition) is 4. The van der Waals surface area contributed by atoms with Crippen molar-refractivity contribution < 1.29 is 17.2 Å². The molecule has 0 amide bonds. The van der Waals surface area contributed by atoms with Crippen LogP contribution >= 0.6 is 11.3 Å². The zero-order valence-corrected chi connectivity index (χ0v) is 13.6. The van der Waals surface area contributed by atoms with Crippen molar-refractivity contribution in [1.29, 1.82) is 0 Å². The third-order valence-electron chi connectivity index (χ3n) is 2.72. The van der Waals surface area contributed by atoms with Crippen molar-refractivity contribution in [2.24, 2.45) is 0 Å². The number of nitrogens with one attached hydrogen (secondary N) is 1. The molecule has 0 saturated heterocycles. The average Bonchev–Trinajstić information content (AvgIpc) is 2.67. The molecule has 0 aromatic carbocycles. The Labute approximate surface area is 122 Å². The second-order valence-corrected chi connectivity index (χ2v) is 7.83. The first-order valence-corrected chi connectivity index (χ1v) is 8.53. The fourth-order valence-electron chi connectivity index (χ4n) is 1.70. The highest BCUT2D eigenvalue weighted by Crippen LogP contribution is 2.29. The maximum atomic E-state index is 12.4. The van der Waals surface area contributed by atoms with Crippen molar-refractivity contribution in [1.82, 2.24) is 9.62 Å². The Morgan fingerprint density at radius 3 is 2.50 bits per heavy atom. The van der Waals surface area contributed by atoms with E-state index in [2.05, 4.69) is 5.32 Å². The lowest BCUT2D eigenvalue weighted by Crippen LogP contribution is -2.32. The molecular weight excluding hydrogens is 306 g/mol. The molecule has 0 aliphatic heterocycles. The van der Waals surface area contributed by atoms with Crippen molar-refractivity contribution in [3.63, 3.8) is 0 Å². The molecule has 0 bridgehead atoms. The summed E-state index contributed by atoms with van der Waals surface area (Å²) in [7, 11) is -2.70. The van der Waals surface area contributed by atoms with Gasteiger partial charge in [-0.2, -0.15) is 4.31 Å². The molecule has 1 aromatic rings. The summed E-state index contributed by atoms with van der Waals surface area (Å²) in [5, 5.41) is 4.88. The zero-order chi connectivity index (χ0) is 15.5. The molecular formula is C12H20F2N2O2S2. The SMILES string of the molecule is Cc1csc(CNC(C)C)c1S(=O)(=O)N(C)CC(F)F. The minimum atomic E-state index is -3.88. The maximum Gasteiger partial charge on any atom is 0.252 e. The summed E-state index contributed by atoms with van der Waals surface area (Å²) in [5.74, 6) is 0. The van der Waals surface area contributed by atoms with E-state index in [1.54, 1.807) is 12.3 Å². The topological polar surface area (TPSA) is 49.4 Å². The number of sulfonamides is 1. The molecule has 0 fully saturated rings. The van der Waals surface area contributed by atoms with E-state index in [1.807, 2.05) is 13.8 Å². The molecule has 0 atom stereocenters. The normalized spacial score (nSPS) is 12.8. The van der Waals surface area contributed by atoms with Crippen LogP contribution in [0.5, 0.6) is 0 Å². The number of halogens is 2. The molecule has 1 aromatic heterocycles. The largest absolute Gasteiger partial charge is 0.310 e. The molecule has 116 valence electrons. The van der Waals surface area contributed by atoms with Gasteiger partial charge in [0.05, 0.1) is 6.54 Å². The molecule has 1 heterocycles. The maximum absolute atomic E-state index is 12.4. The second kappa shape index (κ2) is 6.93. The lowest BCUT2D eigenvalue weighted by atomic mass is 10.3. The minimum Gasteiger partial charge on any atom is -0.310 e. The minimum absolute atomic E-state index is 0.152. The number of thiophene rings is 1. The van der Waals surface area contributed by atoms with Gasteiger partial charge in [0.15, 0.2) is 0 Å².